The summed E-state index contributed by atoms with van der Waals surface area (Å²) in [6.07, 6.45) is 2.11. The zero-order valence-electron chi connectivity index (χ0n) is 14.9. The molecule has 8 heteroatoms. The molecule has 26 heavy (non-hydrogen) atoms. The number of hydrogen-bond donors (Lipinski definition) is 1. The van der Waals surface area contributed by atoms with Crippen molar-refractivity contribution in [3.05, 3.63) is 56.3 Å². The molecular weight excluding hydrogens is 398 g/mol. The van der Waals surface area contributed by atoms with E-state index in [4.69, 9.17) is 0 Å². The van der Waals surface area contributed by atoms with Crippen molar-refractivity contribution in [1.29, 1.82) is 0 Å². The smallest absolute Gasteiger partial charge is 0.261 e. The molecule has 3 rings (SSSR count). The van der Waals surface area contributed by atoms with Gasteiger partial charge in [-0.1, -0.05) is 15.9 Å². The first-order chi connectivity index (χ1) is 12.4. The number of carbonyl (C=O) groups is 1. The molecule has 136 valence electrons. The minimum Gasteiger partial charge on any atom is -0.354 e. The van der Waals surface area contributed by atoms with Crippen LogP contribution < -0.4 is 10.9 Å². The lowest BCUT2D eigenvalue weighted by molar-refractivity contribution is -0.121. The van der Waals surface area contributed by atoms with Gasteiger partial charge in [0.2, 0.25) is 5.91 Å². The molecule has 1 aromatic carbocycles. The SMILES string of the molecule is Cc1nn(C)c(C)c1CCNC(=O)Cn1cnc2ccc(Br)cc2c1=O. The monoisotopic (exact) mass is 417 g/mol. The van der Waals surface area contributed by atoms with Crippen LogP contribution in [0.15, 0.2) is 33.8 Å². The highest BCUT2D eigenvalue weighted by atomic mass is 79.9. The van der Waals surface area contributed by atoms with E-state index in [9.17, 15) is 9.59 Å². The Hall–Kier alpha value is -2.48. The van der Waals surface area contributed by atoms with Crippen molar-refractivity contribution in [2.45, 2.75) is 26.8 Å². The van der Waals surface area contributed by atoms with Gasteiger partial charge in [0.15, 0.2) is 0 Å². The standard InChI is InChI=1S/C18H20BrN5O2/c1-11-14(12(2)23(3)22-11)6-7-20-17(25)9-24-10-21-16-5-4-13(19)8-15(16)18(24)26/h4-5,8,10H,6-7,9H2,1-3H3,(H,20,25). The van der Waals surface area contributed by atoms with E-state index in [-0.39, 0.29) is 18.0 Å². The number of carbonyl (C=O) groups excluding carboxylic acids is 1. The Morgan fingerprint density at radius 2 is 2.08 bits per heavy atom. The minimum atomic E-state index is -0.231. The van der Waals surface area contributed by atoms with Crippen molar-refractivity contribution in [2.24, 2.45) is 7.05 Å². The van der Waals surface area contributed by atoms with Gasteiger partial charge in [-0.25, -0.2) is 4.98 Å². The van der Waals surface area contributed by atoms with Crippen molar-refractivity contribution in [3.63, 3.8) is 0 Å². The number of hydrogen-bond acceptors (Lipinski definition) is 4. The number of amides is 1. The van der Waals surface area contributed by atoms with Gasteiger partial charge in [-0.05, 0) is 44.0 Å². The molecule has 0 aliphatic carbocycles. The molecule has 2 aromatic heterocycles. The third-order valence-electron chi connectivity index (χ3n) is 4.46. The zero-order chi connectivity index (χ0) is 18.8. The Kier molecular flexibility index (Phi) is 5.22. The average molecular weight is 418 g/mol. The summed E-state index contributed by atoms with van der Waals surface area (Å²) < 4.78 is 3.96. The Morgan fingerprint density at radius 3 is 2.77 bits per heavy atom. The highest BCUT2D eigenvalue weighted by molar-refractivity contribution is 9.10. The summed E-state index contributed by atoms with van der Waals surface area (Å²) in [5.74, 6) is -0.220. The van der Waals surface area contributed by atoms with Gasteiger partial charge < -0.3 is 5.32 Å². The molecule has 0 radical (unpaired) electrons. The fourth-order valence-electron chi connectivity index (χ4n) is 2.96. The number of nitrogens with one attached hydrogen (secondary N) is 1. The van der Waals surface area contributed by atoms with Crippen molar-refractivity contribution >= 4 is 32.7 Å². The minimum absolute atomic E-state index is 0.0563. The van der Waals surface area contributed by atoms with E-state index in [2.05, 4.69) is 31.3 Å². The van der Waals surface area contributed by atoms with E-state index < -0.39 is 0 Å². The van der Waals surface area contributed by atoms with Gasteiger partial charge in [-0.3, -0.25) is 18.8 Å². The van der Waals surface area contributed by atoms with E-state index >= 15 is 0 Å². The van der Waals surface area contributed by atoms with Crippen molar-refractivity contribution in [1.82, 2.24) is 24.6 Å². The summed E-state index contributed by atoms with van der Waals surface area (Å²) >= 11 is 3.35. The zero-order valence-corrected chi connectivity index (χ0v) is 16.5. The molecule has 0 unspecified atom stereocenters. The number of aryl methyl sites for hydroxylation is 2. The summed E-state index contributed by atoms with van der Waals surface area (Å²) in [6, 6.07) is 5.31. The van der Waals surface area contributed by atoms with Crippen molar-refractivity contribution < 1.29 is 4.79 Å². The third kappa shape index (κ3) is 3.70. The molecule has 0 saturated carbocycles. The van der Waals surface area contributed by atoms with E-state index in [0.717, 1.165) is 21.4 Å². The maximum Gasteiger partial charge on any atom is 0.261 e. The first kappa shape index (κ1) is 18.3. The molecule has 0 spiro atoms. The third-order valence-corrected chi connectivity index (χ3v) is 4.95. The van der Waals surface area contributed by atoms with Crippen LogP contribution in [0.4, 0.5) is 0 Å². The average Bonchev–Trinajstić information content (AvgIpc) is 2.84. The summed E-state index contributed by atoms with van der Waals surface area (Å²) in [4.78, 5) is 29.0. The molecule has 0 bridgehead atoms. The lowest BCUT2D eigenvalue weighted by Crippen LogP contribution is -2.33. The van der Waals surface area contributed by atoms with Gasteiger partial charge in [0.25, 0.3) is 5.56 Å². The lowest BCUT2D eigenvalue weighted by Gasteiger charge is -2.08. The van der Waals surface area contributed by atoms with Gasteiger partial charge in [-0.2, -0.15) is 5.10 Å². The van der Waals surface area contributed by atoms with Gasteiger partial charge >= 0.3 is 0 Å². The maximum atomic E-state index is 12.5. The molecule has 1 amide bonds. The topological polar surface area (TPSA) is 81.8 Å². The fraction of sp³-hybridized carbons (Fsp3) is 0.333. The molecule has 0 aliphatic heterocycles. The van der Waals surface area contributed by atoms with Crippen LogP contribution in [0.5, 0.6) is 0 Å². The summed E-state index contributed by atoms with van der Waals surface area (Å²) in [5.41, 5.74) is 3.59. The Balaban J connectivity index is 1.66. The molecular formula is C18H20BrN5O2. The van der Waals surface area contributed by atoms with Crippen molar-refractivity contribution in [2.75, 3.05) is 6.54 Å². The molecule has 0 saturated heterocycles. The number of aromatic nitrogens is 4. The highest BCUT2D eigenvalue weighted by Gasteiger charge is 2.11. The van der Waals surface area contributed by atoms with Crippen molar-refractivity contribution in [3.8, 4) is 0 Å². The van der Waals surface area contributed by atoms with E-state index in [1.807, 2.05) is 31.6 Å². The van der Waals surface area contributed by atoms with Crippen LogP contribution in [0.1, 0.15) is 17.0 Å². The second kappa shape index (κ2) is 7.41. The second-order valence-electron chi connectivity index (χ2n) is 6.21. The van der Waals surface area contributed by atoms with E-state index in [0.29, 0.717) is 23.9 Å². The highest BCUT2D eigenvalue weighted by Crippen LogP contribution is 2.15. The van der Waals surface area contributed by atoms with E-state index in [1.54, 1.807) is 12.1 Å². The lowest BCUT2D eigenvalue weighted by atomic mass is 10.1. The molecule has 7 nitrogen and oxygen atoms in total. The predicted octanol–water partition coefficient (Wildman–Crippen LogP) is 1.87. The number of benzene rings is 1. The first-order valence-corrected chi connectivity index (χ1v) is 9.06. The molecule has 1 N–H and O–H groups in total. The molecule has 0 atom stereocenters. The first-order valence-electron chi connectivity index (χ1n) is 8.27. The van der Waals surface area contributed by atoms with Crippen LogP contribution >= 0.6 is 15.9 Å². The number of fused-ring (bicyclic) bond motifs is 1. The molecule has 0 aliphatic rings. The number of halogens is 1. The predicted molar refractivity (Wildman–Crippen MR) is 103 cm³/mol. The van der Waals surface area contributed by atoms with Crippen LogP contribution in [0.2, 0.25) is 0 Å². The van der Waals surface area contributed by atoms with Gasteiger partial charge in [-0.15, -0.1) is 0 Å². The fourth-order valence-corrected chi connectivity index (χ4v) is 3.32. The van der Waals surface area contributed by atoms with Crippen LogP contribution in [-0.4, -0.2) is 31.8 Å². The Labute approximate surface area is 159 Å². The maximum absolute atomic E-state index is 12.5. The van der Waals surface area contributed by atoms with Crippen LogP contribution in [0, 0.1) is 13.8 Å². The Bertz CT molecular complexity index is 1040. The molecule has 0 fully saturated rings. The normalized spacial score (nSPS) is 11.1. The molecule has 2 heterocycles. The number of nitrogens with zero attached hydrogens (tertiary/aromatic N) is 4. The van der Waals surface area contributed by atoms with Crippen LogP contribution in [0.3, 0.4) is 0 Å². The molecule has 3 aromatic rings. The van der Waals surface area contributed by atoms with E-state index in [1.165, 1.54) is 10.9 Å². The summed E-state index contributed by atoms with van der Waals surface area (Å²) in [7, 11) is 1.90. The van der Waals surface area contributed by atoms with Gasteiger partial charge in [0.05, 0.1) is 22.9 Å². The quantitative estimate of drug-likeness (QED) is 0.686. The van der Waals surface area contributed by atoms with Gasteiger partial charge in [0.1, 0.15) is 6.54 Å². The summed E-state index contributed by atoms with van der Waals surface area (Å²) in [5, 5.41) is 7.71. The van der Waals surface area contributed by atoms with Crippen LogP contribution in [-0.2, 0) is 24.8 Å². The summed E-state index contributed by atoms with van der Waals surface area (Å²) in [6.45, 7) is 4.41. The van der Waals surface area contributed by atoms with Crippen LogP contribution in [0.25, 0.3) is 10.9 Å². The second-order valence-corrected chi connectivity index (χ2v) is 7.13. The Morgan fingerprint density at radius 1 is 1.31 bits per heavy atom. The largest absolute Gasteiger partial charge is 0.354 e. The van der Waals surface area contributed by atoms with Gasteiger partial charge in [0, 0.05) is 23.8 Å². The number of rotatable bonds is 5.